The highest BCUT2D eigenvalue weighted by Gasteiger charge is 2.25. The molecule has 0 fully saturated rings. The number of carbonyl (C=O) groups is 3. The molecule has 0 aromatic rings. The number of aliphatic carboxylic acids is 1. The predicted octanol–water partition coefficient (Wildman–Crippen LogP) is 10.8. The first-order valence-corrected chi connectivity index (χ1v) is 22.6. The number of nitrogens with zero attached hydrogens (tertiary/aromatic N) is 1. The maximum atomic E-state index is 12.7. The van der Waals surface area contributed by atoms with Crippen molar-refractivity contribution in [1.82, 2.24) is 0 Å². The summed E-state index contributed by atoms with van der Waals surface area (Å²) in [6, 6.07) is -0.718. The second kappa shape index (κ2) is 37.3. The van der Waals surface area contributed by atoms with Crippen LogP contribution in [0.15, 0.2) is 0 Å². The van der Waals surface area contributed by atoms with E-state index in [2.05, 4.69) is 13.8 Å². The van der Waals surface area contributed by atoms with Crippen LogP contribution in [-0.2, 0) is 28.6 Å². The van der Waals surface area contributed by atoms with Gasteiger partial charge in [0.25, 0.3) is 0 Å². The Balaban J connectivity index is 4.04. The van der Waals surface area contributed by atoms with Crippen LogP contribution in [0.25, 0.3) is 0 Å². The predicted molar refractivity (Wildman–Crippen MR) is 218 cm³/mol. The maximum absolute atomic E-state index is 12.7. The lowest BCUT2D eigenvalue weighted by Gasteiger charge is -2.34. The van der Waals surface area contributed by atoms with Gasteiger partial charge in [0.05, 0.1) is 40.3 Å². The number of rotatable bonds is 41. The average Bonchev–Trinajstić information content (AvgIpc) is 3.11. The highest BCUT2D eigenvalue weighted by Crippen LogP contribution is 2.16. The van der Waals surface area contributed by atoms with Crippen molar-refractivity contribution in [3.8, 4) is 0 Å². The lowest BCUT2D eigenvalue weighted by molar-refractivity contribution is -0.889. The van der Waals surface area contributed by atoms with Crippen molar-refractivity contribution in [2.24, 2.45) is 0 Å². The fourth-order valence-corrected chi connectivity index (χ4v) is 6.95. The summed E-state index contributed by atoms with van der Waals surface area (Å²) in [6.45, 7) is 4.63. The molecule has 2 atom stereocenters. The molecule has 0 saturated heterocycles. The molecule has 0 aromatic heterocycles. The van der Waals surface area contributed by atoms with Gasteiger partial charge in [0, 0.05) is 19.3 Å². The SMILES string of the molecule is CCCCCCCCCCCCCCCCCCCCCCCCCC(=O)OC(COCCC(C(=O)[O-])[N+](C)(C)C)COC(=O)CCCCCCCC. The Morgan fingerprint density at radius 2 is 0.830 bits per heavy atom. The molecule has 0 aliphatic rings. The van der Waals surface area contributed by atoms with Gasteiger partial charge in [-0.3, -0.25) is 9.59 Å². The third kappa shape index (κ3) is 35.8. The summed E-state index contributed by atoms with van der Waals surface area (Å²) < 4.78 is 17.1. The summed E-state index contributed by atoms with van der Waals surface area (Å²) in [6.07, 6.45) is 37.4. The number of esters is 2. The molecule has 0 heterocycles. The summed E-state index contributed by atoms with van der Waals surface area (Å²) >= 11 is 0. The molecule has 0 bridgehead atoms. The van der Waals surface area contributed by atoms with Gasteiger partial charge in [-0.25, -0.2) is 0 Å². The number of unbranched alkanes of at least 4 members (excludes halogenated alkanes) is 27. The summed E-state index contributed by atoms with van der Waals surface area (Å²) in [5.41, 5.74) is 0. The van der Waals surface area contributed by atoms with Gasteiger partial charge in [-0.2, -0.15) is 0 Å². The molecule has 53 heavy (non-hydrogen) atoms. The Morgan fingerprint density at radius 1 is 0.491 bits per heavy atom. The Kier molecular flexibility index (Phi) is 36.1. The van der Waals surface area contributed by atoms with E-state index in [4.69, 9.17) is 14.2 Å². The Hall–Kier alpha value is -1.67. The maximum Gasteiger partial charge on any atom is 0.306 e. The quantitative estimate of drug-likeness (QED) is 0.0348. The first-order valence-electron chi connectivity index (χ1n) is 22.6. The molecule has 2 unspecified atom stereocenters. The number of ether oxygens (including phenoxy) is 3. The molecule has 314 valence electrons. The normalized spacial score (nSPS) is 12.8. The molecule has 8 nitrogen and oxygen atoms in total. The van der Waals surface area contributed by atoms with E-state index in [0.717, 1.165) is 38.5 Å². The number of carboxylic acids is 1. The monoisotopic (exact) mass is 754 g/mol. The minimum Gasteiger partial charge on any atom is -0.544 e. The average molecular weight is 754 g/mol. The number of hydrogen-bond acceptors (Lipinski definition) is 7. The van der Waals surface area contributed by atoms with Gasteiger partial charge in [0.2, 0.25) is 0 Å². The minimum absolute atomic E-state index is 0.0480. The summed E-state index contributed by atoms with van der Waals surface area (Å²) in [7, 11) is 5.41. The van der Waals surface area contributed by atoms with Crippen LogP contribution in [-0.4, -0.2) is 75.5 Å². The fourth-order valence-electron chi connectivity index (χ4n) is 6.95. The van der Waals surface area contributed by atoms with Crippen molar-refractivity contribution in [3.05, 3.63) is 0 Å². The van der Waals surface area contributed by atoms with Crippen LogP contribution in [0.1, 0.15) is 219 Å². The smallest absolute Gasteiger partial charge is 0.306 e. The molecular weight excluding hydrogens is 666 g/mol. The van der Waals surface area contributed by atoms with Gasteiger partial charge in [-0.05, 0) is 12.8 Å². The van der Waals surface area contributed by atoms with Crippen LogP contribution in [0, 0.1) is 0 Å². The zero-order chi connectivity index (χ0) is 39.3. The molecular formula is C45H87NO7. The molecule has 0 radical (unpaired) electrons. The topological polar surface area (TPSA) is 102 Å². The van der Waals surface area contributed by atoms with Crippen LogP contribution in [0.5, 0.6) is 0 Å². The number of quaternary nitrogens is 1. The highest BCUT2D eigenvalue weighted by atomic mass is 16.6. The number of carboxylic acid groups (broad SMARTS) is 1. The van der Waals surface area contributed by atoms with Crippen molar-refractivity contribution in [2.45, 2.75) is 231 Å². The third-order valence-electron chi connectivity index (χ3n) is 10.5. The van der Waals surface area contributed by atoms with Gasteiger partial charge in [0.1, 0.15) is 12.6 Å². The van der Waals surface area contributed by atoms with Gasteiger partial charge in [0.15, 0.2) is 6.10 Å². The molecule has 0 saturated carbocycles. The second-order valence-electron chi connectivity index (χ2n) is 16.7. The third-order valence-corrected chi connectivity index (χ3v) is 10.5. The van der Waals surface area contributed by atoms with Crippen molar-refractivity contribution in [3.63, 3.8) is 0 Å². The lowest BCUT2D eigenvalue weighted by Crippen LogP contribution is -2.55. The summed E-state index contributed by atoms with van der Waals surface area (Å²) in [4.78, 5) is 36.6. The van der Waals surface area contributed by atoms with Gasteiger partial charge < -0.3 is 28.6 Å². The molecule has 0 spiro atoms. The minimum atomic E-state index is -1.12. The molecule has 0 aliphatic heterocycles. The van der Waals surface area contributed by atoms with Crippen molar-refractivity contribution >= 4 is 17.9 Å². The lowest BCUT2D eigenvalue weighted by atomic mass is 10.0. The van der Waals surface area contributed by atoms with Crippen LogP contribution < -0.4 is 5.11 Å². The van der Waals surface area contributed by atoms with E-state index < -0.39 is 18.1 Å². The van der Waals surface area contributed by atoms with Gasteiger partial charge in [-0.15, -0.1) is 0 Å². The van der Waals surface area contributed by atoms with E-state index in [9.17, 15) is 19.5 Å². The molecule has 0 N–H and O–H groups in total. The summed E-state index contributed by atoms with van der Waals surface area (Å²) in [5, 5.41) is 11.6. The van der Waals surface area contributed by atoms with Crippen molar-refractivity contribution in [2.75, 3.05) is 41.0 Å². The second-order valence-corrected chi connectivity index (χ2v) is 16.7. The zero-order valence-corrected chi connectivity index (χ0v) is 35.7. The van der Waals surface area contributed by atoms with Crippen LogP contribution >= 0.6 is 0 Å². The van der Waals surface area contributed by atoms with Crippen LogP contribution in [0.3, 0.4) is 0 Å². The molecule has 0 aliphatic carbocycles. The molecule has 0 amide bonds. The van der Waals surface area contributed by atoms with E-state index in [-0.39, 0.29) is 42.7 Å². The van der Waals surface area contributed by atoms with Crippen molar-refractivity contribution in [1.29, 1.82) is 0 Å². The van der Waals surface area contributed by atoms with Gasteiger partial charge >= 0.3 is 11.9 Å². The van der Waals surface area contributed by atoms with Crippen LogP contribution in [0.2, 0.25) is 0 Å². The summed E-state index contributed by atoms with van der Waals surface area (Å²) in [5.74, 6) is -1.73. The highest BCUT2D eigenvalue weighted by molar-refractivity contribution is 5.70. The van der Waals surface area contributed by atoms with E-state index in [1.807, 2.05) is 0 Å². The first kappa shape index (κ1) is 51.3. The van der Waals surface area contributed by atoms with E-state index in [1.54, 1.807) is 21.1 Å². The number of hydrogen-bond donors (Lipinski definition) is 0. The van der Waals surface area contributed by atoms with E-state index in [0.29, 0.717) is 12.8 Å². The van der Waals surface area contributed by atoms with E-state index >= 15 is 0 Å². The standard InChI is InChI=1S/C45H87NO7/c1-6-8-10-12-14-15-16-17-18-19-20-21-22-23-24-25-26-27-28-29-30-32-34-36-44(48)53-41(39-51-38-37-42(45(49)50)46(3,4)5)40-52-43(47)35-33-31-13-11-9-7-2/h41-42H,6-40H2,1-5H3. The molecule has 0 aromatic carbocycles. The largest absolute Gasteiger partial charge is 0.544 e. The Morgan fingerprint density at radius 3 is 1.17 bits per heavy atom. The molecule has 0 rings (SSSR count). The Labute approximate surface area is 327 Å². The number of carbonyl (C=O) groups excluding carboxylic acids is 3. The molecule has 8 heteroatoms. The first-order chi connectivity index (χ1) is 25.6. The fraction of sp³-hybridized carbons (Fsp3) is 0.933. The number of likely N-dealkylation sites (N-methyl/N-ethyl adjacent to an activating group) is 1. The zero-order valence-electron chi connectivity index (χ0n) is 35.7. The van der Waals surface area contributed by atoms with E-state index in [1.165, 1.54) is 148 Å². The van der Waals surface area contributed by atoms with Crippen LogP contribution in [0.4, 0.5) is 0 Å². The van der Waals surface area contributed by atoms with Crippen molar-refractivity contribution < 1.29 is 38.2 Å². The Bertz CT molecular complexity index is 843. The van der Waals surface area contributed by atoms with Gasteiger partial charge in [-0.1, -0.05) is 187 Å².